The third kappa shape index (κ3) is 3.74. The minimum atomic E-state index is 0.440. The topological polar surface area (TPSA) is 41.5 Å². The number of aryl methyl sites for hydroxylation is 1. The number of ether oxygens (including phenoxy) is 1. The predicted molar refractivity (Wildman–Crippen MR) is 93.9 cm³/mol. The fourth-order valence-electron chi connectivity index (χ4n) is 3.22. The molecule has 0 saturated carbocycles. The maximum absolute atomic E-state index is 8.88. The van der Waals surface area contributed by atoms with Crippen LogP contribution in [-0.2, 0) is 12.8 Å². The summed E-state index contributed by atoms with van der Waals surface area (Å²) in [6.07, 6.45) is 6.08. The van der Waals surface area contributed by atoms with E-state index in [1.54, 1.807) is 13.2 Å². The summed E-state index contributed by atoms with van der Waals surface area (Å²) in [7, 11) is 1.69. The minimum Gasteiger partial charge on any atom is -0.516 e. The number of rotatable bonds is 6. The van der Waals surface area contributed by atoms with Gasteiger partial charge in [-0.3, -0.25) is 0 Å². The maximum atomic E-state index is 8.88. The Kier molecular flexibility index (Phi) is 4.99. The van der Waals surface area contributed by atoms with Crippen LogP contribution in [0.3, 0.4) is 0 Å². The summed E-state index contributed by atoms with van der Waals surface area (Å²) in [4.78, 5) is 0. The fourth-order valence-corrected chi connectivity index (χ4v) is 3.22. The molecule has 0 saturated heterocycles. The van der Waals surface area contributed by atoms with Crippen LogP contribution in [0.15, 0.2) is 48.7 Å². The van der Waals surface area contributed by atoms with Crippen molar-refractivity contribution in [2.75, 3.05) is 13.7 Å². The van der Waals surface area contributed by atoms with Crippen LogP contribution in [0.5, 0.6) is 5.75 Å². The summed E-state index contributed by atoms with van der Waals surface area (Å²) < 4.78 is 5.18. The van der Waals surface area contributed by atoms with Gasteiger partial charge < -0.3 is 15.2 Å². The van der Waals surface area contributed by atoms with Crippen molar-refractivity contribution in [1.82, 2.24) is 5.32 Å². The van der Waals surface area contributed by atoms with Gasteiger partial charge in [-0.15, -0.1) is 0 Å². The van der Waals surface area contributed by atoms with Crippen molar-refractivity contribution < 1.29 is 9.84 Å². The Morgan fingerprint density at radius 2 is 2.04 bits per heavy atom. The highest BCUT2D eigenvalue weighted by Gasteiger charge is 2.21. The Labute approximate surface area is 137 Å². The van der Waals surface area contributed by atoms with Crippen molar-refractivity contribution >= 4 is 6.08 Å². The summed E-state index contributed by atoms with van der Waals surface area (Å²) in [5.41, 5.74) is 5.17. The maximum Gasteiger partial charge on any atom is 0.118 e. The summed E-state index contributed by atoms with van der Waals surface area (Å²) >= 11 is 0. The third-order valence-electron chi connectivity index (χ3n) is 4.48. The second kappa shape index (κ2) is 7.34. The van der Waals surface area contributed by atoms with E-state index in [2.05, 4.69) is 35.6 Å². The molecule has 0 heterocycles. The van der Waals surface area contributed by atoms with E-state index in [0.717, 1.165) is 43.4 Å². The molecule has 1 unspecified atom stereocenters. The molecule has 2 N–H and O–H groups in total. The van der Waals surface area contributed by atoms with Crippen LogP contribution in [0, 0.1) is 0 Å². The lowest BCUT2D eigenvalue weighted by Crippen LogP contribution is -2.21. The molecule has 0 aromatic heterocycles. The van der Waals surface area contributed by atoms with Gasteiger partial charge in [0, 0.05) is 6.04 Å². The predicted octanol–water partition coefficient (Wildman–Crippen LogP) is 4.04. The molecule has 120 valence electrons. The number of aliphatic hydroxyl groups excluding tert-OH is 1. The van der Waals surface area contributed by atoms with E-state index in [1.807, 2.05) is 12.1 Å². The van der Waals surface area contributed by atoms with E-state index >= 15 is 0 Å². The van der Waals surface area contributed by atoms with E-state index < -0.39 is 0 Å². The van der Waals surface area contributed by atoms with Crippen LogP contribution in [0.1, 0.15) is 34.7 Å². The fraction of sp³-hybridized carbons (Fsp3) is 0.300. The molecule has 2 aromatic carbocycles. The Balaban J connectivity index is 1.56. The quantitative estimate of drug-likeness (QED) is 0.791. The highest BCUT2D eigenvalue weighted by atomic mass is 16.5. The highest BCUT2D eigenvalue weighted by molar-refractivity contribution is 5.52. The smallest absolute Gasteiger partial charge is 0.118 e. The van der Waals surface area contributed by atoms with Crippen LogP contribution < -0.4 is 10.1 Å². The number of aliphatic hydroxyl groups is 1. The second-order valence-corrected chi connectivity index (χ2v) is 5.92. The Morgan fingerprint density at radius 3 is 2.78 bits per heavy atom. The molecule has 0 aliphatic heterocycles. The number of hydrogen-bond acceptors (Lipinski definition) is 3. The first kappa shape index (κ1) is 15.6. The largest absolute Gasteiger partial charge is 0.516 e. The third-order valence-corrected chi connectivity index (χ3v) is 4.48. The van der Waals surface area contributed by atoms with Crippen LogP contribution in [-0.4, -0.2) is 18.8 Å². The lowest BCUT2D eigenvalue weighted by Gasteiger charge is -2.14. The zero-order valence-corrected chi connectivity index (χ0v) is 13.5. The van der Waals surface area contributed by atoms with E-state index in [4.69, 9.17) is 9.84 Å². The molecule has 3 nitrogen and oxygen atoms in total. The average molecular weight is 309 g/mol. The van der Waals surface area contributed by atoms with Gasteiger partial charge in [0.2, 0.25) is 0 Å². The molecule has 1 atom stereocenters. The van der Waals surface area contributed by atoms with Crippen molar-refractivity contribution in [2.24, 2.45) is 0 Å². The molecule has 23 heavy (non-hydrogen) atoms. The molecular weight excluding hydrogens is 286 g/mol. The lowest BCUT2D eigenvalue weighted by atomic mass is 10.0. The molecule has 3 rings (SSSR count). The van der Waals surface area contributed by atoms with Gasteiger partial charge in [0.1, 0.15) is 5.75 Å². The monoisotopic (exact) mass is 309 g/mol. The zero-order valence-electron chi connectivity index (χ0n) is 13.5. The summed E-state index contributed by atoms with van der Waals surface area (Å²) in [6.45, 7) is 0.967. The lowest BCUT2D eigenvalue weighted by molar-refractivity contribution is 0.414. The van der Waals surface area contributed by atoms with Gasteiger partial charge in [0.15, 0.2) is 0 Å². The molecular formula is C20H23NO2. The van der Waals surface area contributed by atoms with Gasteiger partial charge in [0.25, 0.3) is 0 Å². The first-order valence-electron chi connectivity index (χ1n) is 8.10. The molecule has 1 aliphatic carbocycles. The number of fused-ring (bicyclic) bond motifs is 1. The summed E-state index contributed by atoms with van der Waals surface area (Å²) in [5, 5.41) is 12.5. The van der Waals surface area contributed by atoms with Crippen molar-refractivity contribution in [1.29, 1.82) is 0 Å². The molecule has 0 amide bonds. The number of hydrogen-bond donors (Lipinski definition) is 2. The first-order chi connectivity index (χ1) is 11.3. The van der Waals surface area contributed by atoms with Crippen LogP contribution in [0.25, 0.3) is 6.08 Å². The number of nitrogens with one attached hydrogen (secondary N) is 1. The standard InChI is InChI=1S/C20H23NO2/c1-23-18-6-2-15(3-7-18)10-12-21-20-9-5-17-14-16(11-13-22)4-8-19(17)20/h2-4,6-8,11,13-14,20-22H,5,9-10,12H2,1H3/b13-11-. The molecule has 1 aliphatic rings. The van der Waals surface area contributed by atoms with Crippen molar-refractivity contribution in [3.05, 3.63) is 71.0 Å². The van der Waals surface area contributed by atoms with Gasteiger partial charge in [-0.25, -0.2) is 0 Å². The first-order valence-corrected chi connectivity index (χ1v) is 8.10. The van der Waals surface area contributed by atoms with Gasteiger partial charge >= 0.3 is 0 Å². The molecule has 0 bridgehead atoms. The zero-order chi connectivity index (χ0) is 16.1. The number of methoxy groups -OCH3 is 1. The SMILES string of the molecule is COc1ccc(CCNC2CCc3cc(/C=C\O)ccc32)cc1. The van der Waals surface area contributed by atoms with E-state index in [1.165, 1.54) is 16.7 Å². The molecule has 0 spiro atoms. The van der Waals surface area contributed by atoms with Gasteiger partial charge in [-0.2, -0.15) is 0 Å². The van der Waals surface area contributed by atoms with E-state index in [-0.39, 0.29) is 0 Å². The molecule has 0 radical (unpaired) electrons. The molecule has 3 heteroatoms. The Morgan fingerprint density at radius 1 is 1.22 bits per heavy atom. The van der Waals surface area contributed by atoms with Crippen LogP contribution in [0.4, 0.5) is 0 Å². The van der Waals surface area contributed by atoms with Gasteiger partial charge in [0.05, 0.1) is 13.4 Å². The molecule has 2 aromatic rings. The minimum absolute atomic E-state index is 0.440. The van der Waals surface area contributed by atoms with Crippen LogP contribution in [0.2, 0.25) is 0 Å². The summed E-state index contributed by atoms with van der Waals surface area (Å²) in [5.74, 6) is 0.902. The van der Waals surface area contributed by atoms with Crippen molar-refractivity contribution in [3.8, 4) is 5.75 Å². The average Bonchev–Trinajstić information content (AvgIpc) is 2.98. The van der Waals surface area contributed by atoms with E-state index in [0.29, 0.717) is 6.04 Å². The van der Waals surface area contributed by atoms with Crippen molar-refractivity contribution in [2.45, 2.75) is 25.3 Å². The van der Waals surface area contributed by atoms with Crippen molar-refractivity contribution in [3.63, 3.8) is 0 Å². The second-order valence-electron chi connectivity index (χ2n) is 5.92. The van der Waals surface area contributed by atoms with E-state index in [9.17, 15) is 0 Å². The summed E-state index contributed by atoms with van der Waals surface area (Å²) in [6, 6.07) is 15.1. The van der Waals surface area contributed by atoms with Gasteiger partial charge in [-0.1, -0.05) is 30.3 Å². The molecule has 0 fully saturated rings. The van der Waals surface area contributed by atoms with Gasteiger partial charge in [-0.05, 0) is 66.3 Å². The highest BCUT2D eigenvalue weighted by Crippen LogP contribution is 2.32. The van der Waals surface area contributed by atoms with Crippen LogP contribution >= 0.6 is 0 Å². The number of benzene rings is 2. The Bertz CT molecular complexity index is 677. The Hall–Kier alpha value is -2.26. The normalized spacial score (nSPS) is 16.7.